The molecular formula is C19H22N2O2. The maximum absolute atomic E-state index is 12.0. The highest BCUT2D eigenvalue weighted by Crippen LogP contribution is 2.16. The highest BCUT2D eigenvalue weighted by molar-refractivity contribution is 5.85. The molecule has 2 aromatic rings. The zero-order valence-corrected chi connectivity index (χ0v) is 13.5. The summed E-state index contributed by atoms with van der Waals surface area (Å²) < 4.78 is 0. The second kappa shape index (κ2) is 8.13. The van der Waals surface area contributed by atoms with Gasteiger partial charge in [-0.3, -0.25) is 9.59 Å². The van der Waals surface area contributed by atoms with Crippen LogP contribution in [0.2, 0.25) is 0 Å². The van der Waals surface area contributed by atoms with Crippen molar-refractivity contribution in [3.8, 4) is 0 Å². The Morgan fingerprint density at radius 1 is 0.957 bits per heavy atom. The molecule has 120 valence electrons. The van der Waals surface area contributed by atoms with Crippen molar-refractivity contribution in [3.05, 3.63) is 71.3 Å². The predicted molar refractivity (Wildman–Crippen MR) is 90.9 cm³/mol. The average molecular weight is 310 g/mol. The van der Waals surface area contributed by atoms with Gasteiger partial charge in [0.1, 0.15) is 0 Å². The molecule has 0 aromatic heterocycles. The molecule has 2 amide bonds. The van der Waals surface area contributed by atoms with Crippen molar-refractivity contribution in [3.63, 3.8) is 0 Å². The van der Waals surface area contributed by atoms with E-state index < -0.39 is 0 Å². The van der Waals surface area contributed by atoms with Crippen LogP contribution < -0.4 is 10.6 Å². The highest BCUT2D eigenvalue weighted by Gasteiger charge is 2.12. The Bertz CT molecular complexity index is 668. The van der Waals surface area contributed by atoms with E-state index >= 15 is 0 Å². The van der Waals surface area contributed by atoms with Crippen LogP contribution in [-0.2, 0) is 16.0 Å². The van der Waals surface area contributed by atoms with E-state index in [1.54, 1.807) is 0 Å². The topological polar surface area (TPSA) is 58.2 Å². The minimum atomic E-state index is -0.192. The molecule has 0 aliphatic heterocycles. The van der Waals surface area contributed by atoms with Gasteiger partial charge in [0.05, 0.1) is 19.0 Å². The Kier molecular flexibility index (Phi) is 5.92. The summed E-state index contributed by atoms with van der Waals surface area (Å²) in [5.41, 5.74) is 3.14. The minimum absolute atomic E-state index is 0.0120. The zero-order valence-electron chi connectivity index (χ0n) is 13.5. The lowest BCUT2D eigenvalue weighted by Gasteiger charge is -2.16. The maximum atomic E-state index is 12.0. The Hall–Kier alpha value is -2.62. The van der Waals surface area contributed by atoms with Crippen molar-refractivity contribution in [1.29, 1.82) is 0 Å². The third kappa shape index (κ3) is 5.25. The van der Waals surface area contributed by atoms with Gasteiger partial charge < -0.3 is 10.6 Å². The summed E-state index contributed by atoms with van der Waals surface area (Å²) in [6.45, 7) is 3.94. The fourth-order valence-corrected chi connectivity index (χ4v) is 2.47. The van der Waals surface area contributed by atoms with E-state index in [-0.39, 0.29) is 30.8 Å². The van der Waals surface area contributed by atoms with E-state index in [1.807, 2.05) is 68.4 Å². The standard InChI is InChI=1S/C19H22N2O2/c1-14-8-6-7-11-17(14)15(2)21-19(23)13-20-18(22)12-16-9-4-3-5-10-16/h3-11,15H,12-13H2,1-2H3,(H,20,22)(H,21,23)/t15-/m0/s1. The molecule has 0 bridgehead atoms. The summed E-state index contributed by atoms with van der Waals surface area (Å²) >= 11 is 0. The summed E-state index contributed by atoms with van der Waals surface area (Å²) in [5.74, 6) is -0.350. The molecule has 0 saturated heterocycles. The zero-order chi connectivity index (χ0) is 16.7. The van der Waals surface area contributed by atoms with E-state index in [2.05, 4.69) is 10.6 Å². The summed E-state index contributed by atoms with van der Waals surface area (Å²) in [4.78, 5) is 23.8. The molecule has 0 saturated carbocycles. The minimum Gasteiger partial charge on any atom is -0.348 e. The van der Waals surface area contributed by atoms with Crippen molar-refractivity contribution < 1.29 is 9.59 Å². The normalized spacial score (nSPS) is 11.6. The monoisotopic (exact) mass is 310 g/mol. The lowest BCUT2D eigenvalue weighted by atomic mass is 10.0. The van der Waals surface area contributed by atoms with E-state index in [9.17, 15) is 9.59 Å². The number of benzene rings is 2. The number of carbonyl (C=O) groups excluding carboxylic acids is 2. The molecule has 0 unspecified atom stereocenters. The fraction of sp³-hybridized carbons (Fsp3) is 0.263. The van der Waals surface area contributed by atoms with Crippen LogP contribution in [0.3, 0.4) is 0 Å². The Balaban J connectivity index is 1.79. The van der Waals surface area contributed by atoms with E-state index in [0.29, 0.717) is 0 Å². The van der Waals surface area contributed by atoms with Crippen LogP contribution in [0, 0.1) is 6.92 Å². The number of hydrogen-bond donors (Lipinski definition) is 2. The first kappa shape index (κ1) is 16.7. The van der Waals surface area contributed by atoms with Crippen LogP contribution in [0.5, 0.6) is 0 Å². The fourth-order valence-electron chi connectivity index (χ4n) is 2.47. The molecular weight excluding hydrogens is 288 g/mol. The molecule has 0 heterocycles. The third-order valence-electron chi connectivity index (χ3n) is 3.69. The van der Waals surface area contributed by atoms with Gasteiger partial charge in [-0.2, -0.15) is 0 Å². The number of hydrogen-bond acceptors (Lipinski definition) is 2. The molecule has 2 aromatic carbocycles. The van der Waals surface area contributed by atoms with Crippen LogP contribution >= 0.6 is 0 Å². The van der Waals surface area contributed by atoms with Crippen molar-refractivity contribution in [2.45, 2.75) is 26.3 Å². The van der Waals surface area contributed by atoms with E-state index in [4.69, 9.17) is 0 Å². The Morgan fingerprint density at radius 3 is 2.30 bits per heavy atom. The van der Waals surface area contributed by atoms with Crippen molar-refractivity contribution in [1.82, 2.24) is 10.6 Å². The number of carbonyl (C=O) groups is 2. The highest BCUT2D eigenvalue weighted by atomic mass is 16.2. The molecule has 0 spiro atoms. The van der Waals surface area contributed by atoms with Gasteiger partial charge in [-0.25, -0.2) is 0 Å². The molecule has 0 fully saturated rings. The first-order valence-electron chi connectivity index (χ1n) is 7.72. The van der Waals surface area contributed by atoms with Crippen molar-refractivity contribution in [2.75, 3.05) is 6.54 Å². The maximum Gasteiger partial charge on any atom is 0.239 e. The third-order valence-corrected chi connectivity index (χ3v) is 3.69. The molecule has 2 rings (SSSR count). The van der Waals surface area contributed by atoms with Crippen LogP contribution in [0.4, 0.5) is 0 Å². The SMILES string of the molecule is Cc1ccccc1[C@H](C)NC(=O)CNC(=O)Cc1ccccc1. The Labute approximate surface area is 136 Å². The summed E-state index contributed by atoms with van der Waals surface area (Å²) in [5, 5.41) is 5.55. The smallest absolute Gasteiger partial charge is 0.239 e. The van der Waals surface area contributed by atoms with Gasteiger partial charge in [0.15, 0.2) is 0 Å². The van der Waals surface area contributed by atoms with Crippen LogP contribution in [0.15, 0.2) is 54.6 Å². The number of nitrogens with one attached hydrogen (secondary N) is 2. The number of rotatable bonds is 6. The van der Waals surface area contributed by atoms with Crippen molar-refractivity contribution in [2.24, 2.45) is 0 Å². The summed E-state index contributed by atoms with van der Waals surface area (Å²) in [7, 11) is 0. The van der Waals surface area contributed by atoms with Gasteiger partial charge in [0.25, 0.3) is 0 Å². The second-order valence-electron chi connectivity index (χ2n) is 5.58. The van der Waals surface area contributed by atoms with Gasteiger partial charge >= 0.3 is 0 Å². The average Bonchev–Trinajstić information content (AvgIpc) is 2.54. The molecule has 4 heteroatoms. The molecule has 0 aliphatic rings. The molecule has 4 nitrogen and oxygen atoms in total. The molecule has 0 radical (unpaired) electrons. The summed E-state index contributed by atoms with van der Waals surface area (Å²) in [6, 6.07) is 17.3. The van der Waals surface area contributed by atoms with Crippen LogP contribution in [0.25, 0.3) is 0 Å². The second-order valence-corrected chi connectivity index (χ2v) is 5.58. The van der Waals surface area contributed by atoms with Gasteiger partial charge in [0, 0.05) is 0 Å². The van der Waals surface area contributed by atoms with Gasteiger partial charge in [-0.05, 0) is 30.5 Å². The van der Waals surface area contributed by atoms with Crippen LogP contribution in [-0.4, -0.2) is 18.4 Å². The lowest BCUT2D eigenvalue weighted by molar-refractivity contribution is -0.126. The predicted octanol–water partition coefficient (Wildman–Crippen LogP) is 2.53. The number of aryl methyl sites for hydroxylation is 1. The van der Waals surface area contributed by atoms with Crippen LogP contribution in [0.1, 0.15) is 29.7 Å². The van der Waals surface area contributed by atoms with Gasteiger partial charge in [-0.1, -0.05) is 54.6 Å². The van der Waals surface area contributed by atoms with Gasteiger partial charge in [-0.15, -0.1) is 0 Å². The molecule has 2 N–H and O–H groups in total. The van der Waals surface area contributed by atoms with E-state index in [0.717, 1.165) is 16.7 Å². The molecule has 23 heavy (non-hydrogen) atoms. The lowest BCUT2D eigenvalue weighted by Crippen LogP contribution is -2.38. The quantitative estimate of drug-likeness (QED) is 0.861. The Morgan fingerprint density at radius 2 is 1.61 bits per heavy atom. The molecule has 0 aliphatic carbocycles. The largest absolute Gasteiger partial charge is 0.348 e. The van der Waals surface area contributed by atoms with Crippen molar-refractivity contribution >= 4 is 11.8 Å². The summed E-state index contributed by atoms with van der Waals surface area (Å²) in [6.07, 6.45) is 0.279. The van der Waals surface area contributed by atoms with E-state index in [1.165, 1.54) is 0 Å². The first-order valence-corrected chi connectivity index (χ1v) is 7.72. The number of amides is 2. The van der Waals surface area contributed by atoms with Gasteiger partial charge in [0.2, 0.25) is 11.8 Å². The first-order chi connectivity index (χ1) is 11.1. The molecule has 1 atom stereocenters.